The van der Waals surface area contributed by atoms with E-state index in [9.17, 15) is 10.0 Å². The van der Waals surface area contributed by atoms with Gasteiger partial charge in [-0.1, -0.05) is 63.2 Å². The van der Waals surface area contributed by atoms with E-state index in [1.807, 2.05) is 42.5 Å². The van der Waals surface area contributed by atoms with Crippen molar-refractivity contribution in [3.05, 3.63) is 59.7 Å². The van der Waals surface area contributed by atoms with E-state index in [4.69, 9.17) is 4.74 Å². The van der Waals surface area contributed by atoms with Gasteiger partial charge in [0, 0.05) is 5.46 Å². The number of benzene rings is 2. The van der Waals surface area contributed by atoms with E-state index in [0.29, 0.717) is 17.8 Å². The summed E-state index contributed by atoms with van der Waals surface area (Å²) < 4.78 is 5.80. The van der Waals surface area contributed by atoms with Gasteiger partial charge in [-0.05, 0) is 22.6 Å². The van der Waals surface area contributed by atoms with Gasteiger partial charge < -0.3 is 14.8 Å². The van der Waals surface area contributed by atoms with Crippen molar-refractivity contribution in [2.45, 2.75) is 32.8 Å². The molecule has 2 aromatic carbocycles. The highest BCUT2D eigenvalue weighted by atomic mass is 16.5. The monoisotopic (exact) mass is 284 g/mol. The molecule has 0 saturated heterocycles. The van der Waals surface area contributed by atoms with Gasteiger partial charge in [-0.2, -0.15) is 0 Å². The fraction of sp³-hybridized carbons (Fsp3) is 0.294. The lowest BCUT2D eigenvalue weighted by Gasteiger charge is -2.21. The second-order valence-electron chi connectivity index (χ2n) is 6.15. The van der Waals surface area contributed by atoms with E-state index in [0.717, 1.165) is 11.1 Å². The molecule has 0 aromatic heterocycles. The molecular formula is C17H21BO3. The predicted octanol–water partition coefficient (Wildman–Crippen LogP) is 2.24. The van der Waals surface area contributed by atoms with Crippen LogP contribution in [-0.2, 0) is 12.0 Å². The average Bonchev–Trinajstić information content (AvgIpc) is 2.45. The third-order valence-corrected chi connectivity index (χ3v) is 3.39. The van der Waals surface area contributed by atoms with Crippen molar-refractivity contribution in [1.82, 2.24) is 0 Å². The van der Waals surface area contributed by atoms with Crippen molar-refractivity contribution in [1.29, 1.82) is 0 Å². The molecule has 0 atom stereocenters. The summed E-state index contributed by atoms with van der Waals surface area (Å²) in [5.41, 5.74) is 2.50. The fourth-order valence-corrected chi connectivity index (χ4v) is 2.07. The van der Waals surface area contributed by atoms with Crippen molar-refractivity contribution in [3.63, 3.8) is 0 Å². The van der Waals surface area contributed by atoms with Crippen LogP contribution in [0, 0.1) is 0 Å². The zero-order valence-electron chi connectivity index (χ0n) is 12.7. The van der Waals surface area contributed by atoms with Crippen LogP contribution in [0.4, 0.5) is 0 Å². The molecule has 4 heteroatoms. The van der Waals surface area contributed by atoms with E-state index >= 15 is 0 Å². The summed E-state index contributed by atoms with van der Waals surface area (Å²) in [6.45, 7) is 6.73. The molecule has 110 valence electrons. The molecule has 3 nitrogen and oxygen atoms in total. The predicted molar refractivity (Wildman–Crippen MR) is 85.7 cm³/mol. The Balaban J connectivity index is 2.26. The maximum atomic E-state index is 9.47. The second kappa shape index (κ2) is 6.33. The molecule has 0 aliphatic heterocycles. The van der Waals surface area contributed by atoms with Gasteiger partial charge in [-0.25, -0.2) is 0 Å². The van der Waals surface area contributed by atoms with E-state index in [1.165, 1.54) is 0 Å². The third-order valence-electron chi connectivity index (χ3n) is 3.39. The molecule has 21 heavy (non-hydrogen) atoms. The zero-order chi connectivity index (χ0) is 15.5. The van der Waals surface area contributed by atoms with Crippen molar-refractivity contribution in [2.75, 3.05) is 0 Å². The molecule has 0 radical (unpaired) electrons. The molecule has 0 spiro atoms. The van der Waals surface area contributed by atoms with Gasteiger partial charge in [-0.3, -0.25) is 0 Å². The summed E-state index contributed by atoms with van der Waals surface area (Å²) in [6.07, 6.45) is 0. The minimum Gasteiger partial charge on any atom is -0.489 e. The Kier molecular flexibility index (Phi) is 4.71. The summed E-state index contributed by atoms with van der Waals surface area (Å²) in [6, 6.07) is 15.3. The Hall–Kier alpha value is -1.78. The highest BCUT2D eigenvalue weighted by Crippen LogP contribution is 2.25. The van der Waals surface area contributed by atoms with E-state index in [-0.39, 0.29) is 5.41 Å². The first-order chi connectivity index (χ1) is 9.88. The van der Waals surface area contributed by atoms with Gasteiger partial charge in [-0.15, -0.1) is 0 Å². The van der Waals surface area contributed by atoms with Crippen LogP contribution in [0.3, 0.4) is 0 Å². The first-order valence-corrected chi connectivity index (χ1v) is 7.05. The van der Waals surface area contributed by atoms with Gasteiger partial charge in [0.2, 0.25) is 0 Å². The molecular weight excluding hydrogens is 263 g/mol. The topological polar surface area (TPSA) is 49.7 Å². The largest absolute Gasteiger partial charge is 0.492 e. The normalized spacial score (nSPS) is 11.3. The molecule has 0 unspecified atom stereocenters. The zero-order valence-corrected chi connectivity index (χ0v) is 12.7. The third kappa shape index (κ3) is 4.10. The quantitative estimate of drug-likeness (QED) is 0.847. The van der Waals surface area contributed by atoms with Crippen LogP contribution in [0.5, 0.6) is 5.75 Å². The SMILES string of the molecule is CC(C)(C)c1ccc(B(O)O)c(OCc2ccccc2)c1. The minimum absolute atomic E-state index is 0.0240. The van der Waals surface area contributed by atoms with E-state index in [2.05, 4.69) is 20.8 Å². The van der Waals surface area contributed by atoms with Crippen LogP contribution >= 0.6 is 0 Å². The Bertz CT molecular complexity index is 589. The fourth-order valence-electron chi connectivity index (χ4n) is 2.07. The lowest BCUT2D eigenvalue weighted by Crippen LogP contribution is -2.32. The molecule has 0 aliphatic carbocycles. The Labute approximate surface area is 126 Å². The number of rotatable bonds is 4. The van der Waals surface area contributed by atoms with E-state index in [1.54, 1.807) is 6.07 Å². The Morgan fingerprint density at radius 2 is 1.67 bits per heavy atom. The van der Waals surface area contributed by atoms with Crippen LogP contribution in [-0.4, -0.2) is 17.2 Å². The first-order valence-electron chi connectivity index (χ1n) is 7.05. The standard InChI is InChI=1S/C17H21BO3/c1-17(2,3)14-9-10-15(18(19)20)16(11-14)21-12-13-7-5-4-6-8-13/h4-11,19-20H,12H2,1-3H3. The lowest BCUT2D eigenvalue weighted by molar-refractivity contribution is 0.306. The van der Waals surface area contributed by atoms with Crippen molar-refractivity contribution in [2.24, 2.45) is 0 Å². The number of hydrogen-bond donors (Lipinski definition) is 2. The summed E-state index contributed by atoms with van der Waals surface area (Å²) in [5, 5.41) is 18.9. The van der Waals surface area contributed by atoms with Crippen molar-refractivity contribution < 1.29 is 14.8 Å². The minimum atomic E-state index is -1.54. The van der Waals surface area contributed by atoms with Crippen molar-refractivity contribution >= 4 is 12.6 Å². The molecule has 2 N–H and O–H groups in total. The summed E-state index contributed by atoms with van der Waals surface area (Å²) >= 11 is 0. The molecule has 0 fully saturated rings. The van der Waals surface area contributed by atoms with Crippen LogP contribution < -0.4 is 10.2 Å². The van der Waals surface area contributed by atoms with Crippen LogP contribution in [0.1, 0.15) is 31.9 Å². The Morgan fingerprint density at radius 1 is 1.00 bits per heavy atom. The van der Waals surface area contributed by atoms with Crippen molar-refractivity contribution in [3.8, 4) is 5.75 Å². The molecule has 2 aromatic rings. The first kappa shape index (κ1) is 15.6. The lowest BCUT2D eigenvalue weighted by atomic mass is 9.77. The van der Waals surface area contributed by atoms with Gasteiger partial charge in [0.15, 0.2) is 0 Å². The van der Waals surface area contributed by atoms with Gasteiger partial charge in [0.05, 0.1) is 0 Å². The average molecular weight is 284 g/mol. The summed E-state index contributed by atoms with van der Waals surface area (Å²) in [5.74, 6) is 0.515. The number of ether oxygens (including phenoxy) is 1. The maximum Gasteiger partial charge on any atom is 0.492 e. The number of hydrogen-bond acceptors (Lipinski definition) is 3. The van der Waals surface area contributed by atoms with Gasteiger partial charge in [0.1, 0.15) is 12.4 Å². The molecule has 0 amide bonds. The van der Waals surface area contributed by atoms with Crippen LogP contribution in [0.25, 0.3) is 0 Å². The Morgan fingerprint density at radius 3 is 2.24 bits per heavy atom. The van der Waals surface area contributed by atoms with E-state index < -0.39 is 7.12 Å². The maximum absolute atomic E-state index is 9.47. The van der Waals surface area contributed by atoms with Gasteiger partial charge in [0.25, 0.3) is 0 Å². The smallest absolute Gasteiger partial charge is 0.489 e. The molecule has 2 rings (SSSR count). The highest BCUT2D eigenvalue weighted by molar-refractivity contribution is 6.59. The highest BCUT2D eigenvalue weighted by Gasteiger charge is 2.21. The summed E-state index contributed by atoms with van der Waals surface area (Å²) in [7, 11) is -1.54. The molecule has 0 heterocycles. The molecule has 0 aliphatic rings. The molecule has 0 bridgehead atoms. The summed E-state index contributed by atoms with van der Waals surface area (Å²) in [4.78, 5) is 0. The van der Waals surface area contributed by atoms with Crippen LogP contribution in [0.15, 0.2) is 48.5 Å². The second-order valence-corrected chi connectivity index (χ2v) is 6.15. The van der Waals surface area contributed by atoms with Crippen LogP contribution in [0.2, 0.25) is 0 Å². The van der Waals surface area contributed by atoms with Gasteiger partial charge >= 0.3 is 7.12 Å². The molecule has 0 saturated carbocycles.